The summed E-state index contributed by atoms with van der Waals surface area (Å²) in [6.07, 6.45) is 2.76. The van der Waals surface area contributed by atoms with Crippen molar-refractivity contribution in [3.63, 3.8) is 0 Å². The molecule has 1 aliphatic heterocycles. The minimum absolute atomic E-state index is 0.0237. The highest BCUT2D eigenvalue weighted by molar-refractivity contribution is 7.89. The van der Waals surface area contributed by atoms with Gasteiger partial charge in [-0.05, 0) is 49.4 Å². The fraction of sp³-hybridized carbons (Fsp3) is 0.419. The molecule has 0 aliphatic carbocycles. The average molecular weight is 624 g/mol. The normalized spacial score (nSPS) is 19.4. The fourth-order valence-corrected chi connectivity index (χ4v) is 7.16. The Balaban J connectivity index is 1.50. The monoisotopic (exact) mass is 623 g/mol. The number of para-hydroxylation sites is 1. The van der Waals surface area contributed by atoms with Crippen molar-refractivity contribution < 1.29 is 22.4 Å². The molecular formula is C31H38FN7O4S. The molecule has 0 radical (unpaired) electrons. The smallest absolute Gasteiger partial charge is 0.246 e. The van der Waals surface area contributed by atoms with Crippen LogP contribution in [0.15, 0.2) is 59.6 Å². The molecule has 11 nitrogen and oxygen atoms in total. The van der Waals surface area contributed by atoms with E-state index in [4.69, 9.17) is 0 Å². The standard InChI is InChI=1S/C31H38FN7O4S/c1-20(2)17-26-30-34-21(3)37-39(30)16-15-38(44(42,43)28-12-7-5-10-24(28)32)14-8-13-29(40)35-27(31(41)36-26)18-22-19-33-25-11-6-4-9-23(22)25/h4-7,9-12,19-20,26-27,33H,8,13-18H2,1-3H3,(H,35,40)(H,36,41)/t26-,27+/m0/s1. The van der Waals surface area contributed by atoms with Crippen LogP contribution in [0.5, 0.6) is 0 Å². The minimum Gasteiger partial charge on any atom is -0.361 e. The van der Waals surface area contributed by atoms with Gasteiger partial charge in [-0.3, -0.25) is 9.59 Å². The maximum Gasteiger partial charge on any atom is 0.246 e. The molecule has 3 heterocycles. The second kappa shape index (κ2) is 13.3. The second-order valence-corrected chi connectivity index (χ2v) is 13.5. The van der Waals surface area contributed by atoms with Crippen LogP contribution in [0.2, 0.25) is 0 Å². The van der Waals surface area contributed by atoms with Gasteiger partial charge in [-0.2, -0.15) is 9.40 Å². The van der Waals surface area contributed by atoms with Gasteiger partial charge in [-0.1, -0.05) is 44.2 Å². The van der Waals surface area contributed by atoms with Crippen molar-refractivity contribution in [2.45, 2.75) is 70.0 Å². The van der Waals surface area contributed by atoms with E-state index in [2.05, 4.69) is 25.7 Å². The Morgan fingerprint density at radius 1 is 1.00 bits per heavy atom. The molecule has 2 amide bonds. The molecule has 0 spiro atoms. The van der Waals surface area contributed by atoms with Crippen molar-refractivity contribution in [1.29, 1.82) is 0 Å². The highest BCUT2D eigenvalue weighted by Crippen LogP contribution is 2.24. The highest BCUT2D eigenvalue weighted by Gasteiger charge is 2.31. The van der Waals surface area contributed by atoms with Crippen LogP contribution in [0.4, 0.5) is 4.39 Å². The predicted octanol–water partition coefficient (Wildman–Crippen LogP) is 3.62. The molecule has 0 saturated heterocycles. The maximum absolute atomic E-state index is 14.7. The van der Waals surface area contributed by atoms with E-state index in [0.29, 0.717) is 18.1 Å². The predicted molar refractivity (Wildman–Crippen MR) is 163 cm³/mol. The Kier molecular flexibility index (Phi) is 9.45. The number of aromatic amines is 1. The second-order valence-electron chi connectivity index (χ2n) is 11.6. The SMILES string of the molecule is Cc1nc2n(n1)CCN(S(=O)(=O)c1ccccc1F)CCCC(=O)N[C@H](Cc1c[nH]c3ccccc13)C(=O)N[C@H]2CC(C)C. The Morgan fingerprint density at radius 3 is 2.52 bits per heavy atom. The number of aromatic nitrogens is 4. The van der Waals surface area contributed by atoms with E-state index in [1.165, 1.54) is 22.5 Å². The first-order valence-corrected chi connectivity index (χ1v) is 16.3. The van der Waals surface area contributed by atoms with E-state index in [0.717, 1.165) is 22.5 Å². The van der Waals surface area contributed by atoms with Gasteiger partial charge in [0.1, 0.15) is 28.4 Å². The van der Waals surface area contributed by atoms with E-state index < -0.39 is 32.8 Å². The van der Waals surface area contributed by atoms with Gasteiger partial charge in [0, 0.05) is 43.0 Å². The van der Waals surface area contributed by atoms with Crippen LogP contribution in [0, 0.1) is 18.7 Å². The maximum atomic E-state index is 14.7. The summed E-state index contributed by atoms with van der Waals surface area (Å²) >= 11 is 0. The van der Waals surface area contributed by atoms with Crippen LogP contribution in [0.1, 0.15) is 56.4 Å². The lowest BCUT2D eigenvalue weighted by Crippen LogP contribution is -2.49. The lowest BCUT2D eigenvalue weighted by molar-refractivity contribution is -0.129. The first-order chi connectivity index (χ1) is 21.0. The molecule has 4 aromatic rings. The third kappa shape index (κ3) is 6.99. The summed E-state index contributed by atoms with van der Waals surface area (Å²) in [5, 5.41) is 11.5. The molecule has 0 unspecified atom stereocenters. The largest absolute Gasteiger partial charge is 0.361 e. The van der Waals surface area contributed by atoms with Gasteiger partial charge in [-0.15, -0.1) is 0 Å². The van der Waals surface area contributed by atoms with E-state index in [1.54, 1.807) is 11.6 Å². The molecule has 5 rings (SSSR count). The molecule has 44 heavy (non-hydrogen) atoms. The summed E-state index contributed by atoms with van der Waals surface area (Å²) in [5.41, 5.74) is 1.80. The zero-order valence-electron chi connectivity index (χ0n) is 25.1. The first kappa shape index (κ1) is 31.3. The van der Waals surface area contributed by atoms with Gasteiger partial charge < -0.3 is 15.6 Å². The number of rotatable bonds is 6. The number of benzene rings is 2. The quantitative estimate of drug-likeness (QED) is 0.300. The molecule has 0 bridgehead atoms. The molecule has 2 aromatic carbocycles. The van der Waals surface area contributed by atoms with Crippen LogP contribution < -0.4 is 10.6 Å². The number of nitrogens with zero attached hydrogens (tertiary/aromatic N) is 4. The van der Waals surface area contributed by atoms with Crippen LogP contribution in [-0.4, -0.2) is 63.4 Å². The zero-order valence-corrected chi connectivity index (χ0v) is 25.9. The molecule has 2 atom stereocenters. The lowest BCUT2D eigenvalue weighted by Gasteiger charge is -2.27. The van der Waals surface area contributed by atoms with Crippen LogP contribution in [-0.2, 0) is 32.6 Å². The summed E-state index contributed by atoms with van der Waals surface area (Å²) in [6, 6.07) is 11.5. The molecule has 0 fully saturated rings. The highest BCUT2D eigenvalue weighted by atomic mass is 32.2. The van der Waals surface area contributed by atoms with E-state index >= 15 is 0 Å². The van der Waals surface area contributed by atoms with Gasteiger partial charge in [0.05, 0.1) is 12.6 Å². The van der Waals surface area contributed by atoms with Crippen molar-refractivity contribution >= 4 is 32.7 Å². The fourth-order valence-electron chi connectivity index (χ4n) is 5.63. The molecule has 234 valence electrons. The van der Waals surface area contributed by atoms with Crippen molar-refractivity contribution in [3.05, 3.63) is 77.8 Å². The lowest BCUT2D eigenvalue weighted by atomic mass is 10.0. The van der Waals surface area contributed by atoms with Crippen molar-refractivity contribution in [2.75, 3.05) is 13.1 Å². The van der Waals surface area contributed by atoms with Crippen LogP contribution in [0.25, 0.3) is 10.9 Å². The van der Waals surface area contributed by atoms with Gasteiger partial charge in [-0.25, -0.2) is 22.5 Å². The zero-order chi connectivity index (χ0) is 31.4. The molecule has 2 aromatic heterocycles. The number of fused-ring (bicyclic) bond motifs is 2. The first-order valence-electron chi connectivity index (χ1n) is 14.8. The summed E-state index contributed by atoms with van der Waals surface area (Å²) in [7, 11) is -4.23. The Bertz CT molecular complexity index is 1750. The number of nitrogens with one attached hydrogen (secondary N) is 3. The van der Waals surface area contributed by atoms with Gasteiger partial charge >= 0.3 is 0 Å². The number of halogens is 1. The van der Waals surface area contributed by atoms with Crippen LogP contribution in [0.3, 0.4) is 0 Å². The molecular weight excluding hydrogens is 585 g/mol. The number of sulfonamides is 1. The van der Waals surface area contributed by atoms with Gasteiger partial charge in [0.2, 0.25) is 21.8 Å². The number of amides is 2. The molecule has 1 aliphatic rings. The van der Waals surface area contributed by atoms with E-state index in [-0.39, 0.29) is 56.6 Å². The van der Waals surface area contributed by atoms with Crippen molar-refractivity contribution in [2.24, 2.45) is 5.92 Å². The Labute approximate surface area is 256 Å². The van der Waals surface area contributed by atoms with E-state index in [1.807, 2.05) is 44.3 Å². The number of hydrogen-bond acceptors (Lipinski definition) is 6. The third-order valence-electron chi connectivity index (χ3n) is 7.72. The minimum atomic E-state index is -4.23. The third-order valence-corrected chi connectivity index (χ3v) is 9.65. The summed E-state index contributed by atoms with van der Waals surface area (Å²) < 4.78 is 44.7. The van der Waals surface area contributed by atoms with E-state index in [9.17, 15) is 22.4 Å². The Morgan fingerprint density at radius 2 is 1.75 bits per heavy atom. The van der Waals surface area contributed by atoms with Crippen LogP contribution >= 0.6 is 0 Å². The number of carbonyl (C=O) groups excluding carboxylic acids is 2. The van der Waals surface area contributed by atoms with Gasteiger partial charge in [0.25, 0.3) is 0 Å². The van der Waals surface area contributed by atoms with Gasteiger partial charge in [0.15, 0.2) is 0 Å². The number of carbonyl (C=O) groups is 2. The Hall–Kier alpha value is -4.10. The summed E-state index contributed by atoms with van der Waals surface area (Å²) in [5.74, 6) is -0.445. The summed E-state index contributed by atoms with van der Waals surface area (Å²) in [6.45, 7) is 5.86. The van der Waals surface area contributed by atoms with Crippen molar-refractivity contribution in [3.8, 4) is 0 Å². The molecule has 0 saturated carbocycles. The number of H-pyrrole nitrogens is 1. The topological polar surface area (TPSA) is 142 Å². The molecule has 13 heteroatoms. The molecule has 3 N–H and O–H groups in total. The average Bonchev–Trinajstić information content (AvgIpc) is 3.56. The number of aryl methyl sites for hydroxylation is 1. The number of hydrogen-bond donors (Lipinski definition) is 3. The summed E-state index contributed by atoms with van der Waals surface area (Å²) in [4.78, 5) is 34.5. The van der Waals surface area contributed by atoms with Crippen molar-refractivity contribution in [1.82, 2.24) is 34.7 Å².